The largest absolute Gasteiger partial charge is 0.288 e. The number of allylic oxidation sites excluding steroid dienone is 1. The van der Waals surface area contributed by atoms with Crippen molar-refractivity contribution in [1.82, 2.24) is 0 Å². The number of halogens is 4. The molecule has 0 aromatic heterocycles. The first-order chi connectivity index (χ1) is 11.5. The van der Waals surface area contributed by atoms with E-state index < -0.39 is 11.6 Å². The lowest BCUT2D eigenvalue weighted by atomic mass is 10.1. The fourth-order valence-corrected chi connectivity index (χ4v) is 3.69. The summed E-state index contributed by atoms with van der Waals surface area (Å²) in [4.78, 5) is 12.8. The van der Waals surface area contributed by atoms with E-state index in [1.807, 2.05) is 0 Å². The Balaban J connectivity index is 1.96. The summed E-state index contributed by atoms with van der Waals surface area (Å²) in [6.45, 7) is 0. The number of benzene rings is 2. The second-order valence-electron chi connectivity index (χ2n) is 5.07. The zero-order valence-corrected chi connectivity index (χ0v) is 14.5. The standard InChI is InChI=1S/C18H10Cl2F2OS/c19-13-3-1-5-15(21)11(13)7-10-9-24-17(18(10)23)8-12-14(20)4-2-6-16(12)22/h1-8H,9H2/b10-7+,17-8-. The van der Waals surface area contributed by atoms with Gasteiger partial charge < -0.3 is 0 Å². The van der Waals surface area contributed by atoms with E-state index in [1.54, 1.807) is 12.1 Å². The molecule has 1 heterocycles. The summed E-state index contributed by atoms with van der Waals surface area (Å²) in [6.07, 6.45) is 2.87. The Bertz CT molecular complexity index is 779. The van der Waals surface area contributed by atoms with E-state index in [1.165, 1.54) is 48.2 Å². The minimum absolute atomic E-state index is 0.167. The molecule has 0 N–H and O–H groups in total. The number of carbonyl (C=O) groups excluding carboxylic acids is 1. The van der Waals surface area contributed by atoms with Gasteiger partial charge in [0.05, 0.1) is 15.0 Å². The summed E-state index contributed by atoms with van der Waals surface area (Å²) in [5.74, 6) is -0.916. The average Bonchev–Trinajstić information content (AvgIpc) is 2.87. The molecule has 0 bridgehead atoms. The van der Waals surface area contributed by atoms with E-state index in [4.69, 9.17) is 23.2 Å². The Morgan fingerprint density at radius 2 is 1.46 bits per heavy atom. The lowest BCUT2D eigenvalue weighted by Crippen LogP contribution is -1.98. The molecule has 0 atom stereocenters. The molecule has 2 aromatic rings. The van der Waals surface area contributed by atoms with Crippen LogP contribution in [0.2, 0.25) is 10.0 Å². The van der Waals surface area contributed by atoms with Gasteiger partial charge in [-0.15, -0.1) is 11.8 Å². The number of thioether (sulfide) groups is 1. The predicted octanol–water partition coefficient (Wildman–Crippen LogP) is 6.01. The second-order valence-corrected chi connectivity index (χ2v) is 6.90. The molecule has 0 unspecified atom stereocenters. The monoisotopic (exact) mass is 382 g/mol. The fraction of sp³-hybridized carbons (Fsp3) is 0.0556. The van der Waals surface area contributed by atoms with Gasteiger partial charge >= 0.3 is 0 Å². The maximum Gasteiger partial charge on any atom is 0.196 e. The highest BCUT2D eigenvalue weighted by Crippen LogP contribution is 2.36. The summed E-state index contributed by atoms with van der Waals surface area (Å²) in [5.41, 5.74) is 0.749. The molecule has 1 fully saturated rings. The van der Waals surface area contributed by atoms with Crippen LogP contribution >= 0.6 is 35.0 Å². The van der Waals surface area contributed by atoms with Crippen molar-refractivity contribution < 1.29 is 13.6 Å². The van der Waals surface area contributed by atoms with Crippen LogP contribution in [0, 0.1) is 11.6 Å². The topological polar surface area (TPSA) is 17.1 Å². The van der Waals surface area contributed by atoms with Crippen molar-refractivity contribution in [2.45, 2.75) is 0 Å². The van der Waals surface area contributed by atoms with E-state index in [-0.39, 0.29) is 27.0 Å². The number of hydrogen-bond acceptors (Lipinski definition) is 2. The minimum Gasteiger partial charge on any atom is -0.288 e. The van der Waals surface area contributed by atoms with Crippen molar-refractivity contribution in [3.8, 4) is 0 Å². The normalized spacial score (nSPS) is 17.9. The van der Waals surface area contributed by atoms with Crippen molar-refractivity contribution in [3.63, 3.8) is 0 Å². The third-order valence-electron chi connectivity index (χ3n) is 3.49. The average molecular weight is 383 g/mol. The third-order valence-corrected chi connectivity index (χ3v) is 5.22. The van der Waals surface area contributed by atoms with Crippen LogP contribution in [0.25, 0.3) is 12.2 Å². The number of rotatable bonds is 2. The summed E-state index contributed by atoms with van der Waals surface area (Å²) in [5, 5.41) is 0.459. The first kappa shape index (κ1) is 17.2. The van der Waals surface area contributed by atoms with Gasteiger partial charge in [0.25, 0.3) is 0 Å². The Morgan fingerprint density at radius 3 is 2.00 bits per heavy atom. The van der Waals surface area contributed by atoms with Crippen LogP contribution in [0.3, 0.4) is 0 Å². The van der Waals surface area contributed by atoms with Crippen molar-refractivity contribution in [1.29, 1.82) is 0 Å². The molecular weight excluding hydrogens is 373 g/mol. The zero-order valence-electron chi connectivity index (χ0n) is 12.2. The summed E-state index contributed by atoms with van der Waals surface area (Å²) >= 11 is 13.2. The zero-order chi connectivity index (χ0) is 17.3. The van der Waals surface area contributed by atoms with Crippen molar-refractivity contribution in [2.75, 3.05) is 5.75 Å². The van der Waals surface area contributed by atoms with Crippen LogP contribution in [0.5, 0.6) is 0 Å². The molecule has 0 amide bonds. The highest BCUT2D eigenvalue weighted by Gasteiger charge is 2.25. The number of hydrogen-bond donors (Lipinski definition) is 0. The molecule has 0 saturated carbocycles. The Hall–Kier alpha value is -1.62. The lowest BCUT2D eigenvalue weighted by molar-refractivity contribution is -0.111. The van der Waals surface area contributed by atoms with Crippen LogP contribution in [0.1, 0.15) is 11.1 Å². The molecule has 1 aliphatic rings. The van der Waals surface area contributed by atoms with E-state index in [9.17, 15) is 13.6 Å². The molecule has 3 rings (SSSR count). The van der Waals surface area contributed by atoms with Crippen molar-refractivity contribution >= 4 is 52.9 Å². The molecule has 0 aliphatic carbocycles. The van der Waals surface area contributed by atoms with Gasteiger partial charge in [0.2, 0.25) is 0 Å². The smallest absolute Gasteiger partial charge is 0.196 e. The molecular formula is C18H10Cl2F2OS. The molecule has 2 aromatic carbocycles. The van der Waals surface area contributed by atoms with Gasteiger partial charge in [-0.05, 0) is 36.4 Å². The molecule has 1 saturated heterocycles. The van der Waals surface area contributed by atoms with Crippen LogP contribution in [-0.4, -0.2) is 11.5 Å². The predicted molar refractivity (Wildman–Crippen MR) is 96.2 cm³/mol. The number of Topliss-reactive ketones (excluding diaryl/α,β-unsaturated/α-hetero) is 1. The molecule has 0 radical (unpaired) electrons. The van der Waals surface area contributed by atoms with Gasteiger partial charge in [-0.3, -0.25) is 4.79 Å². The highest BCUT2D eigenvalue weighted by atomic mass is 35.5. The van der Waals surface area contributed by atoms with Gasteiger partial charge in [-0.2, -0.15) is 0 Å². The van der Waals surface area contributed by atoms with Crippen LogP contribution in [-0.2, 0) is 4.79 Å². The van der Waals surface area contributed by atoms with Gasteiger partial charge in [0.1, 0.15) is 11.6 Å². The van der Waals surface area contributed by atoms with Gasteiger partial charge in [-0.1, -0.05) is 35.3 Å². The minimum atomic E-state index is -0.502. The Morgan fingerprint density at radius 1 is 0.917 bits per heavy atom. The first-order valence-electron chi connectivity index (χ1n) is 6.95. The van der Waals surface area contributed by atoms with Crippen molar-refractivity contribution in [2.24, 2.45) is 0 Å². The summed E-state index contributed by atoms with van der Waals surface area (Å²) in [7, 11) is 0. The van der Waals surface area contributed by atoms with E-state index in [2.05, 4.69) is 0 Å². The van der Waals surface area contributed by atoms with Crippen molar-refractivity contribution in [3.05, 3.63) is 79.7 Å². The first-order valence-corrected chi connectivity index (χ1v) is 8.69. The van der Waals surface area contributed by atoms with Gasteiger partial charge in [0, 0.05) is 22.5 Å². The molecule has 0 spiro atoms. The van der Waals surface area contributed by atoms with E-state index in [0.717, 1.165) is 0 Å². The van der Waals surface area contributed by atoms with Gasteiger partial charge in [-0.25, -0.2) is 8.78 Å². The lowest BCUT2D eigenvalue weighted by Gasteiger charge is -2.02. The summed E-state index contributed by atoms with van der Waals surface area (Å²) in [6, 6.07) is 8.65. The second kappa shape index (κ2) is 7.09. The highest BCUT2D eigenvalue weighted by molar-refractivity contribution is 8.05. The van der Waals surface area contributed by atoms with Crippen LogP contribution < -0.4 is 0 Å². The molecule has 6 heteroatoms. The number of ketones is 1. The maximum atomic E-state index is 13.9. The molecule has 1 aliphatic heterocycles. The van der Waals surface area contributed by atoms with E-state index in [0.29, 0.717) is 16.2 Å². The van der Waals surface area contributed by atoms with Crippen LogP contribution in [0.15, 0.2) is 46.9 Å². The van der Waals surface area contributed by atoms with E-state index >= 15 is 0 Å². The summed E-state index contributed by atoms with van der Waals surface area (Å²) < 4.78 is 27.7. The SMILES string of the molecule is O=C1/C(=C/c2c(F)cccc2Cl)CS/C1=C\c1c(F)cccc1Cl. The quantitative estimate of drug-likeness (QED) is 0.591. The Kier molecular flexibility index (Phi) is 5.09. The van der Waals surface area contributed by atoms with Gasteiger partial charge in [0.15, 0.2) is 5.78 Å². The molecule has 24 heavy (non-hydrogen) atoms. The Labute approximate surface area is 152 Å². The van der Waals surface area contributed by atoms with Crippen LogP contribution in [0.4, 0.5) is 8.78 Å². The molecule has 1 nitrogen and oxygen atoms in total. The fourth-order valence-electron chi connectivity index (χ4n) is 2.26. The maximum absolute atomic E-state index is 13.9. The number of carbonyl (C=O) groups is 1. The molecule has 122 valence electrons. The third kappa shape index (κ3) is 3.41.